The van der Waals surface area contributed by atoms with Crippen LogP contribution in [-0.2, 0) is 33.4 Å². The number of aliphatic hydroxyl groups is 1. The Hall–Kier alpha value is -3.54. The highest BCUT2D eigenvalue weighted by atomic mass is 16.6. The van der Waals surface area contributed by atoms with E-state index in [0.717, 1.165) is 0 Å². The van der Waals surface area contributed by atoms with Gasteiger partial charge in [-0.15, -0.1) is 13.2 Å². The Labute approximate surface area is 284 Å². The fourth-order valence-electron chi connectivity index (χ4n) is 7.79. The number of carbonyl (C=O) groups excluding carboxylic acids is 4. The molecule has 11 heteroatoms. The van der Waals surface area contributed by atoms with Crippen molar-refractivity contribution in [2.24, 2.45) is 17.8 Å². The highest BCUT2D eigenvalue weighted by Gasteiger charge is 2.76. The van der Waals surface area contributed by atoms with Gasteiger partial charge in [0.2, 0.25) is 17.7 Å². The summed E-state index contributed by atoms with van der Waals surface area (Å²) >= 11 is 0. The van der Waals surface area contributed by atoms with E-state index in [1.165, 1.54) is 12.0 Å². The number of hydrogen-bond acceptors (Lipinski definition) is 8. The lowest BCUT2D eigenvalue weighted by Gasteiger charge is -2.41. The van der Waals surface area contributed by atoms with Gasteiger partial charge < -0.3 is 34.4 Å². The quantitative estimate of drug-likeness (QED) is 0.179. The van der Waals surface area contributed by atoms with Crippen molar-refractivity contribution in [3.05, 3.63) is 61.2 Å². The highest BCUT2D eigenvalue weighted by Crippen LogP contribution is 2.59. The van der Waals surface area contributed by atoms with Gasteiger partial charge in [-0.1, -0.05) is 62.8 Å². The SMILES string of the molecule is C=CCCC(=O)N[C@H](COC)[C@H](OC(=O)[C@@H]1[C@H]2C(=O)N([C@@H](CO)[C@@H](C)CC)[C@H](C(=O)N(CC=C)C(C)C)[C@]23CC[C@H]1O3)c1ccccc1. The number of nitrogens with zero attached hydrogens (tertiary/aromatic N) is 2. The number of nitrogens with one attached hydrogen (secondary N) is 1. The molecule has 3 fully saturated rings. The van der Waals surface area contributed by atoms with Crippen LogP contribution in [0.3, 0.4) is 0 Å². The Bertz CT molecular complexity index is 1320. The summed E-state index contributed by atoms with van der Waals surface area (Å²) in [7, 11) is 1.50. The number of fused-ring (bicyclic) bond motifs is 1. The van der Waals surface area contributed by atoms with Crippen LogP contribution in [0.4, 0.5) is 0 Å². The molecular weight excluding hydrogens is 614 g/mol. The van der Waals surface area contributed by atoms with E-state index in [0.29, 0.717) is 31.2 Å². The van der Waals surface area contributed by atoms with Crippen LogP contribution in [0, 0.1) is 17.8 Å². The van der Waals surface area contributed by atoms with E-state index in [1.807, 2.05) is 58.0 Å². The second-order valence-electron chi connectivity index (χ2n) is 13.5. The van der Waals surface area contributed by atoms with Crippen molar-refractivity contribution >= 4 is 23.7 Å². The first-order chi connectivity index (χ1) is 23.0. The number of likely N-dealkylation sites (tertiary alicyclic amines) is 1. The molecule has 0 radical (unpaired) electrons. The van der Waals surface area contributed by atoms with E-state index in [4.69, 9.17) is 14.2 Å². The van der Waals surface area contributed by atoms with Gasteiger partial charge in [0.1, 0.15) is 17.7 Å². The smallest absolute Gasteiger partial charge is 0.313 e. The van der Waals surface area contributed by atoms with Crippen LogP contribution in [0.1, 0.15) is 71.5 Å². The average molecular weight is 668 g/mol. The lowest BCUT2D eigenvalue weighted by atomic mass is 9.70. The Morgan fingerprint density at radius 3 is 2.48 bits per heavy atom. The maximum Gasteiger partial charge on any atom is 0.313 e. The Morgan fingerprint density at radius 2 is 1.90 bits per heavy atom. The molecule has 48 heavy (non-hydrogen) atoms. The summed E-state index contributed by atoms with van der Waals surface area (Å²) < 4.78 is 18.4. The van der Waals surface area contributed by atoms with E-state index in [2.05, 4.69) is 18.5 Å². The molecule has 1 spiro atoms. The second-order valence-corrected chi connectivity index (χ2v) is 13.5. The standard InChI is InChI=1S/C37H53N3O8/c1-8-11-17-29(42)38-26(22-46-7)32(25-15-13-12-14-16-25)47-36(45)30-28-18-19-37(48-28)31(30)34(43)40(27(21-41)24(6)10-3)33(37)35(44)39(20-9-2)23(4)5/h8-9,12-16,23-24,26-28,30-33,41H,1-2,10-11,17-22H2,3-7H3,(H,38,42)/t24-,26+,27-,28+,30-,31-,32+,33+,37-/m0/s1. The molecule has 0 aromatic heterocycles. The molecule has 11 nitrogen and oxygen atoms in total. The zero-order chi connectivity index (χ0) is 35.2. The summed E-state index contributed by atoms with van der Waals surface area (Å²) in [6.07, 6.45) is 3.99. The zero-order valence-corrected chi connectivity index (χ0v) is 29.0. The first kappa shape index (κ1) is 37.3. The third-order valence-electron chi connectivity index (χ3n) is 10.3. The number of rotatable bonds is 18. The largest absolute Gasteiger partial charge is 0.455 e. The van der Waals surface area contributed by atoms with E-state index in [9.17, 15) is 24.3 Å². The van der Waals surface area contributed by atoms with Crippen LogP contribution in [0.2, 0.25) is 0 Å². The summed E-state index contributed by atoms with van der Waals surface area (Å²) in [5.41, 5.74) is -0.609. The molecular formula is C37H53N3O8. The number of allylic oxidation sites excluding steroid dienone is 1. The van der Waals surface area contributed by atoms with Crippen molar-refractivity contribution < 1.29 is 38.5 Å². The molecule has 2 N–H and O–H groups in total. The fourth-order valence-corrected chi connectivity index (χ4v) is 7.79. The maximum absolute atomic E-state index is 14.7. The molecule has 3 amide bonds. The molecule has 3 saturated heterocycles. The molecule has 3 heterocycles. The Balaban J connectivity index is 1.74. The number of carbonyl (C=O) groups is 4. The molecule has 264 valence electrons. The molecule has 0 saturated carbocycles. The van der Waals surface area contributed by atoms with Crippen molar-refractivity contribution in [3.8, 4) is 0 Å². The van der Waals surface area contributed by atoms with Crippen LogP contribution in [0.15, 0.2) is 55.6 Å². The number of benzene rings is 1. The molecule has 3 aliphatic rings. The van der Waals surface area contributed by atoms with Gasteiger partial charge in [-0.05, 0) is 44.6 Å². The normalized spacial score (nSPS) is 26.8. The van der Waals surface area contributed by atoms with Gasteiger partial charge in [0.15, 0.2) is 0 Å². The number of hydrogen-bond donors (Lipinski definition) is 2. The van der Waals surface area contributed by atoms with Crippen molar-refractivity contribution in [1.29, 1.82) is 0 Å². The van der Waals surface area contributed by atoms with Crippen LogP contribution in [0.25, 0.3) is 0 Å². The second kappa shape index (κ2) is 16.2. The van der Waals surface area contributed by atoms with Gasteiger partial charge >= 0.3 is 5.97 Å². The van der Waals surface area contributed by atoms with Crippen molar-refractivity contribution in [1.82, 2.24) is 15.1 Å². The van der Waals surface area contributed by atoms with E-state index < -0.39 is 53.7 Å². The van der Waals surface area contributed by atoms with Crippen LogP contribution >= 0.6 is 0 Å². The molecule has 0 aliphatic carbocycles. The van der Waals surface area contributed by atoms with Crippen molar-refractivity contribution in [2.45, 2.75) is 102 Å². The molecule has 2 bridgehead atoms. The van der Waals surface area contributed by atoms with Crippen LogP contribution < -0.4 is 5.32 Å². The Kier molecular flexibility index (Phi) is 12.6. The van der Waals surface area contributed by atoms with Crippen molar-refractivity contribution in [2.75, 3.05) is 26.9 Å². The number of amides is 3. The average Bonchev–Trinajstić information content (AvgIpc) is 3.72. The maximum atomic E-state index is 14.7. The topological polar surface area (TPSA) is 135 Å². The molecule has 0 unspecified atom stereocenters. The summed E-state index contributed by atoms with van der Waals surface area (Å²) in [5.74, 6) is -3.65. The number of methoxy groups -OCH3 is 1. The first-order valence-corrected chi connectivity index (χ1v) is 17.2. The summed E-state index contributed by atoms with van der Waals surface area (Å²) in [6, 6.07) is 6.51. The lowest BCUT2D eigenvalue weighted by Crippen LogP contribution is -2.60. The molecule has 9 atom stereocenters. The highest BCUT2D eigenvalue weighted by molar-refractivity contribution is 5.98. The third kappa shape index (κ3) is 7.09. The van der Waals surface area contributed by atoms with Crippen LogP contribution in [-0.4, -0.2) is 101 Å². The van der Waals surface area contributed by atoms with Gasteiger partial charge in [0.05, 0.1) is 43.2 Å². The van der Waals surface area contributed by atoms with Gasteiger partial charge in [0, 0.05) is 26.1 Å². The van der Waals surface area contributed by atoms with Crippen molar-refractivity contribution in [3.63, 3.8) is 0 Å². The summed E-state index contributed by atoms with van der Waals surface area (Å²) in [6.45, 7) is 15.2. The minimum absolute atomic E-state index is 0.0648. The first-order valence-electron chi connectivity index (χ1n) is 17.2. The minimum Gasteiger partial charge on any atom is -0.455 e. The summed E-state index contributed by atoms with van der Waals surface area (Å²) in [5, 5.41) is 13.6. The fraction of sp³-hybridized carbons (Fsp3) is 0.622. The van der Waals surface area contributed by atoms with Gasteiger partial charge in [0.25, 0.3) is 0 Å². The van der Waals surface area contributed by atoms with Gasteiger partial charge in [-0.2, -0.15) is 0 Å². The minimum atomic E-state index is -1.26. The predicted octanol–water partition coefficient (Wildman–Crippen LogP) is 3.57. The van der Waals surface area contributed by atoms with E-state index >= 15 is 0 Å². The number of esters is 1. The Morgan fingerprint density at radius 1 is 1.19 bits per heavy atom. The van der Waals surface area contributed by atoms with E-state index in [1.54, 1.807) is 17.1 Å². The predicted molar refractivity (Wildman–Crippen MR) is 180 cm³/mol. The number of ether oxygens (including phenoxy) is 3. The van der Waals surface area contributed by atoms with Gasteiger partial charge in [-0.3, -0.25) is 19.2 Å². The van der Waals surface area contributed by atoms with Crippen LogP contribution in [0.5, 0.6) is 0 Å². The molecule has 1 aromatic carbocycles. The molecule has 3 aliphatic heterocycles. The lowest BCUT2D eigenvalue weighted by molar-refractivity contribution is -0.164. The molecule has 1 aromatic rings. The summed E-state index contributed by atoms with van der Waals surface area (Å²) in [4.78, 5) is 59.6. The number of aliphatic hydroxyl groups excluding tert-OH is 1. The van der Waals surface area contributed by atoms with E-state index in [-0.39, 0.29) is 55.9 Å². The van der Waals surface area contributed by atoms with Gasteiger partial charge in [-0.25, -0.2) is 0 Å². The monoisotopic (exact) mass is 667 g/mol. The third-order valence-corrected chi connectivity index (χ3v) is 10.3. The molecule has 4 rings (SSSR count). The zero-order valence-electron chi connectivity index (χ0n) is 29.0.